The van der Waals surface area contributed by atoms with Gasteiger partial charge in [-0.05, 0) is 47.1 Å². The SMILES string of the molecule is CC(C)NC(=O)CCNCCCCOC(C)C. The molecule has 1 amide bonds. The second kappa shape index (κ2) is 10.5. The van der Waals surface area contributed by atoms with Crippen LogP contribution in [0.25, 0.3) is 0 Å². The normalized spacial score (nSPS) is 11.2. The summed E-state index contributed by atoms with van der Waals surface area (Å²) in [5.74, 6) is 0.121. The van der Waals surface area contributed by atoms with Crippen molar-refractivity contribution in [2.45, 2.75) is 59.1 Å². The Morgan fingerprint density at radius 1 is 1.12 bits per heavy atom. The van der Waals surface area contributed by atoms with Gasteiger partial charge in [0.1, 0.15) is 0 Å². The molecule has 0 heterocycles. The molecule has 0 bridgehead atoms. The molecular formula is C13H28N2O2. The Hall–Kier alpha value is -0.610. The van der Waals surface area contributed by atoms with Crippen LogP contribution in [0.5, 0.6) is 0 Å². The molecule has 0 spiro atoms. The van der Waals surface area contributed by atoms with Gasteiger partial charge in [0, 0.05) is 25.6 Å². The Morgan fingerprint density at radius 2 is 1.82 bits per heavy atom. The summed E-state index contributed by atoms with van der Waals surface area (Å²) < 4.78 is 5.44. The van der Waals surface area contributed by atoms with Gasteiger partial charge >= 0.3 is 0 Å². The predicted octanol–water partition coefficient (Wildman–Crippen LogP) is 1.70. The van der Waals surface area contributed by atoms with E-state index in [0.717, 1.165) is 32.5 Å². The molecule has 4 nitrogen and oxygen atoms in total. The highest BCUT2D eigenvalue weighted by atomic mass is 16.5. The molecule has 0 aromatic rings. The summed E-state index contributed by atoms with van der Waals surface area (Å²) in [5.41, 5.74) is 0. The van der Waals surface area contributed by atoms with Crippen molar-refractivity contribution in [2.75, 3.05) is 19.7 Å². The standard InChI is InChI=1S/C13H28N2O2/c1-11(2)15-13(16)7-9-14-8-5-6-10-17-12(3)4/h11-12,14H,5-10H2,1-4H3,(H,15,16). The number of nitrogens with one attached hydrogen (secondary N) is 2. The minimum Gasteiger partial charge on any atom is -0.379 e. The van der Waals surface area contributed by atoms with E-state index >= 15 is 0 Å². The molecule has 0 aromatic carbocycles. The molecule has 2 N–H and O–H groups in total. The number of hydrogen-bond acceptors (Lipinski definition) is 3. The molecule has 0 rings (SSSR count). The van der Waals surface area contributed by atoms with E-state index in [9.17, 15) is 4.79 Å². The highest BCUT2D eigenvalue weighted by molar-refractivity contribution is 5.76. The molecule has 4 heteroatoms. The van der Waals surface area contributed by atoms with E-state index in [1.165, 1.54) is 0 Å². The quantitative estimate of drug-likeness (QED) is 0.575. The molecule has 17 heavy (non-hydrogen) atoms. The second-order valence-corrected chi connectivity index (χ2v) is 4.85. The molecular weight excluding hydrogens is 216 g/mol. The van der Waals surface area contributed by atoms with E-state index in [-0.39, 0.29) is 11.9 Å². The van der Waals surface area contributed by atoms with Crippen LogP contribution in [0.3, 0.4) is 0 Å². The number of carbonyl (C=O) groups excluding carboxylic acids is 1. The third-order valence-corrected chi connectivity index (χ3v) is 2.18. The Kier molecular flexibility index (Phi) is 10.2. The zero-order valence-corrected chi connectivity index (χ0v) is 11.7. The Labute approximate surface area is 105 Å². The van der Waals surface area contributed by atoms with Crippen molar-refractivity contribution < 1.29 is 9.53 Å². The summed E-state index contributed by atoms with van der Waals surface area (Å²) in [6.07, 6.45) is 3.05. The summed E-state index contributed by atoms with van der Waals surface area (Å²) in [4.78, 5) is 11.3. The molecule has 0 unspecified atom stereocenters. The molecule has 0 aliphatic heterocycles. The van der Waals surface area contributed by atoms with E-state index < -0.39 is 0 Å². The number of ether oxygens (including phenoxy) is 1. The Bertz CT molecular complexity index is 194. The largest absolute Gasteiger partial charge is 0.379 e. The van der Waals surface area contributed by atoms with Crippen LogP contribution in [0.1, 0.15) is 47.0 Å². The first-order chi connectivity index (χ1) is 8.02. The average molecular weight is 244 g/mol. The predicted molar refractivity (Wildman–Crippen MR) is 71.1 cm³/mol. The minimum absolute atomic E-state index is 0.121. The van der Waals surface area contributed by atoms with Crippen molar-refractivity contribution in [3.63, 3.8) is 0 Å². The van der Waals surface area contributed by atoms with Crippen molar-refractivity contribution in [2.24, 2.45) is 0 Å². The van der Waals surface area contributed by atoms with Gasteiger partial charge in [0.05, 0.1) is 6.10 Å². The van der Waals surface area contributed by atoms with Crippen LogP contribution < -0.4 is 10.6 Å². The highest BCUT2D eigenvalue weighted by Crippen LogP contribution is 1.93. The lowest BCUT2D eigenvalue weighted by Crippen LogP contribution is -2.32. The molecule has 0 atom stereocenters. The van der Waals surface area contributed by atoms with Crippen LogP contribution in [-0.2, 0) is 9.53 Å². The molecule has 0 aliphatic carbocycles. The van der Waals surface area contributed by atoms with Gasteiger partial charge in [0.15, 0.2) is 0 Å². The van der Waals surface area contributed by atoms with E-state index in [1.54, 1.807) is 0 Å². The first-order valence-corrected chi connectivity index (χ1v) is 6.64. The molecule has 0 saturated carbocycles. The van der Waals surface area contributed by atoms with Crippen molar-refractivity contribution in [1.29, 1.82) is 0 Å². The van der Waals surface area contributed by atoms with Gasteiger partial charge < -0.3 is 15.4 Å². The average Bonchev–Trinajstić information content (AvgIpc) is 2.20. The van der Waals surface area contributed by atoms with Crippen LogP contribution >= 0.6 is 0 Å². The Balaban J connectivity index is 3.16. The summed E-state index contributed by atoms with van der Waals surface area (Å²) in [6.45, 7) is 10.6. The first-order valence-electron chi connectivity index (χ1n) is 6.64. The number of hydrogen-bond donors (Lipinski definition) is 2. The van der Waals surface area contributed by atoms with Gasteiger partial charge in [-0.3, -0.25) is 4.79 Å². The van der Waals surface area contributed by atoms with Crippen LogP contribution in [0.4, 0.5) is 0 Å². The van der Waals surface area contributed by atoms with Gasteiger partial charge in [-0.1, -0.05) is 0 Å². The fourth-order valence-electron chi connectivity index (χ4n) is 1.39. The van der Waals surface area contributed by atoms with Crippen LogP contribution in [0.2, 0.25) is 0 Å². The summed E-state index contributed by atoms with van der Waals surface area (Å²) >= 11 is 0. The van der Waals surface area contributed by atoms with Crippen LogP contribution in [-0.4, -0.2) is 37.7 Å². The lowest BCUT2D eigenvalue weighted by atomic mass is 10.3. The summed E-state index contributed by atoms with van der Waals surface area (Å²) in [7, 11) is 0. The Morgan fingerprint density at radius 3 is 2.41 bits per heavy atom. The van der Waals surface area contributed by atoms with Gasteiger partial charge in [-0.2, -0.15) is 0 Å². The maximum absolute atomic E-state index is 11.3. The third-order valence-electron chi connectivity index (χ3n) is 2.18. The summed E-state index contributed by atoms with van der Waals surface area (Å²) in [6, 6.07) is 0.232. The van der Waals surface area contributed by atoms with Crippen molar-refractivity contribution in [1.82, 2.24) is 10.6 Å². The fourth-order valence-corrected chi connectivity index (χ4v) is 1.39. The molecule has 0 radical (unpaired) electrons. The number of rotatable bonds is 10. The summed E-state index contributed by atoms with van der Waals surface area (Å²) in [5, 5.41) is 6.13. The second-order valence-electron chi connectivity index (χ2n) is 4.85. The van der Waals surface area contributed by atoms with Gasteiger partial charge in [-0.25, -0.2) is 0 Å². The molecule has 0 aromatic heterocycles. The minimum atomic E-state index is 0.121. The van der Waals surface area contributed by atoms with Gasteiger partial charge in [0.2, 0.25) is 5.91 Å². The van der Waals surface area contributed by atoms with Crippen molar-refractivity contribution in [3.8, 4) is 0 Å². The van der Waals surface area contributed by atoms with E-state index in [4.69, 9.17) is 4.74 Å². The van der Waals surface area contributed by atoms with Gasteiger partial charge in [0.25, 0.3) is 0 Å². The van der Waals surface area contributed by atoms with Gasteiger partial charge in [-0.15, -0.1) is 0 Å². The van der Waals surface area contributed by atoms with E-state index in [0.29, 0.717) is 12.5 Å². The van der Waals surface area contributed by atoms with E-state index in [2.05, 4.69) is 10.6 Å². The highest BCUT2D eigenvalue weighted by Gasteiger charge is 2.01. The lowest BCUT2D eigenvalue weighted by Gasteiger charge is -2.09. The zero-order chi connectivity index (χ0) is 13.1. The molecule has 0 saturated heterocycles. The molecule has 0 fully saturated rings. The number of amides is 1. The maximum Gasteiger partial charge on any atom is 0.221 e. The van der Waals surface area contributed by atoms with Crippen molar-refractivity contribution in [3.05, 3.63) is 0 Å². The topological polar surface area (TPSA) is 50.4 Å². The van der Waals surface area contributed by atoms with Crippen molar-refractivity contribution >= 4 is 5.91 Å². The smallest absolute Gasteiger partial charge is 0.221 e. The van der Waals surface area contributed by atoms with Crippen LogP contribution in [0, 0.1) is 0 Å². The van der Waals surface area contributed by atoms with E-state index in [1.807, 2.05) is 27.7 Å². The zero-order valence-electron chi connectivity index (χ0n) is 11.7. The maximum atomic E-state index is 11.3. The first kappa shape index (κ1) is 16.4. The molecule has 102 valence electrons. The monoisotopic (exact) mass is 244 g/mol. The lowest BCUT2D eigenvalue weighted by molar-refractivity contribution is -0.121. The molecule has 0 aliphatic rings. The third kappa shape index (κ3) is 13.3. The number of unbranched alkanes of at least 4 members (excludes halogenated alkanes) is 1. The number of carbonyl (C=O) groups is 1. The van der Waals surface area contributed by atoms with Crippen LogP contribution in [0.15, 0.2) is 0 Å². The fraction of sp³-hybridized carbons (Fsp3) is 0.923.